The van der Waals surface area contributed by atoms with Crippen molar-refractivity contribution in [1.29, 1.82) is 0 Å². The highest BCUT2D eigenvalue weighted by Crippen LogP contribution is 2.29. The van der Waals surface area contributed by atoms with Crippen molar-refractivity contribution in [3.8, 4) is 0 Å². The Morgan fingerprint density at radius 2 is 2.35 bits per heavy atom. The highest BCUT2D eigenvalue weighted by molar-refractivity contribution is 7.99. The number of aromatic nitrogens is 2. The van der Waals surface area contributed by atoms with Gasteiger partial charge in [0.2, 0.25) is 5.95 Å². The molecule has 1 fully saturated rings. The van der Waals surface area contributed by atoms with Crippen LogP contribution < -0.4 is 5.32 Å². The molecule has 0 aliphatic carbocycles. The first-order valence-corrected chi connectivity index (χ1v) is 7.32. The van der Waals surface area contributed by atoms with Crippen LogP contribution in [0.2, 0.25) is 0 Å². The molecule has 4 nitrogen and oxygen atoms in total. The third kappa shape index (κ3) is 3.39. The number of anilines is 1. The zero-order valence-corrected chi connectivity index (χ0v) is 11.4. The molecule has 0 radical (unpaired) electrons. The lowest BCUT2D eigenvalue weighted by Crippen LogP contribution is -2.25. The topological polar surface area (TPSA) is 39.1 Å². The smallest absolute Gasteiger partial charge is 0.203 e. The fourth-order valence-corrected chi connectivity index (χ4v) is 3.28. The largest absolute Gasteiger partial charge is 0.383 e. The summed E-state index contributed by atoms with van der Waals surface area (Å²) in [6.45, 7) is 2.81. The molecule has 1 aliphatic rings. The van der Waals surface area contributed by atoms with Crippen LogP contribution in [0.5, 0.6) is 0 Å². The Balaban J connectivity index is 2.00. The Morgan fingerprint density at radius 3 is 3.06 bits per heavy atom. The van der Waals surface area contributed by atoms with Crippen molar-refractivity contribution in [2.24, 2.45) is 0 Å². The summed E-state index contributed by atoms with van der Waals surface area (Å²) >= 11 is 2.05. The molecule has 0 spiro atoms. The molecule has 0 bridgehead atoms. The van der Waals surface area contributed by atoms with Crippen LogP contribution in [-0.4, -0.2) is 40.8 Å². The molecule has 1 aliphatic heterocycles. The van der Waals surface area contributed by atoms with Gasteiger partial charge in [0.25, 0.3) is 0 Å². The molecule has 1 aromatic heterocycles. The maximum absolute atomic E-state index is 5.13. The van der Waals surface area contributed by atoms with Gasteiger partial charge in [0, 0.05) is 31.6 Å². The third-order valence-corrected chi connectivity index (χ3v) is 4.09. The summed E-state index contributed by atoms with van der Waals surface area (Å²) in [7, 11) is 1.73. The second-order valence-electron chi connectivity index (χ2n) is 4.50. The van der Waals surface area contributed by atoms with Gasteiger partial charge in [-0.2, -0.15) is 11.8 Å². The van der Waals surface area contributed by atoms with E-state index in [1.54, 1.807) is 7.11 Å². The number of nitrogens with one attached hydrogen (secondary N) is 1. The fraction of sp³-hybridized carbons (Fsp3) is 0.750. The first kappa shape index (κ1) is 12.8. The number of nitrogens with zero attached hydrogens (tertiary/aromatic N) is 2. The molecule has 1 unspecified atom stereocenters. The maximum Gasteiger partial charge on any atom is 0.203 e. The molecule has 17 heavy (non-hydrogen) atoms. The van der Waals surface area contributed by atoms with E-state index >= 15 is 0 Å². The Kier molecular flexibility index (Phi) is 4.74. The van der Waals surface area contributed by atoms with Crippen LogP contribution in [0, 0.1) is 0 Å². The van der Waals surface area contributed by atoms with Crippen molar-refractivity contribution < 1.29 is 4.74 Å². The number of hydrogen-bond acceptors (Lipinski definition) is 4. The van der Waals surface area contributed by atoms with E-state index in [1.165, 1.54) is 24.3 Å². The van der Waals surface area contributed by atoms with Gasteiger partial charge in [-0.3, -0.25) is 0 Å². The van der Waals surface area contributed by atoms with Gasteiger partial charge in [0.15, 0.2) is 0 Å². The normalized spacial score (nSPS) is 19.2. The first-order valence-electron chi connectivity index (χ1n) is 6.17. The third-order valence-electron chi connectivity index (χ3n) is 3.05. The van der Waals surface area contributed by atoms with Crippen molar-refractivity contribution in [3.63, 3.8) is 0 Å². The summed E-state index contributed by atoms with van der Waals surface area (Å²) < 4.78 is 7.42. The average Bonchev–Trinajstić information content (AvgIpc) is 2.78. The summed E-state index contributed by atoms with van der Waals surface area (Å²) in [6, 6.07) is 0.898. The Bertz CT molecular complexity index is 336. The van der Waals surface area contributed by atoms with Gasteiger partial charge < -0.3 is 14.6 Å². The maximum atomic E-state index is 5.13. The molecular formula is C12H21N3OS. The van der Waals surface area contributed by atoms with Crippen molar-refractivity contribution in [1.82, 2.24) is 9.55 Å². The van der Waals surface area contributed by atoms with Crippen LogP contribution >= 0.6 is 11.8 Å². The Labute approximate surface area is 107 Å². The fourth-order valence-electron chi connectivity index (χ4n) is 2.19. The van der Waals surface area contributed by atoms with Gasteiger partial charge in [-0.05, 0) is 31.3 Å². The van der Waals surface area contributed by atoms with Crippen molar-refractivity contribution >= 4 is 17.7 Å². The summed E-state index contributed by atoms with van der Waals surface area (Å²) in [6.07, 6.45) is 6.45. The molecule has 0 aromatic carbocycles. The lowest BCUT2D eigenvalue weighted by atomic mass is 10.1. The number of thioether (sulfide) groups is 1. The van der Waals surface area contributed by atoms with Gasteiger partial charge in [0.05, 0.1) is 6.61 Å². The van der Waals surface area contributed by atoms with Gasteiger partial charge in [-0.1, -0.05) is 0 Å². The van der Waals surface area contributed by atoms with Crippen LogP contribution in [0.3, 0.4) is 0 Å². The van der Waals surface area contributed by atoms with E-state index in [0.29, 0.717) is 18.7 Å². The number of methoxy groups -OCH3 is 1. The Morgan fingerprint density at radius 1 is 1.59 bits per heavy atom. The molecular weight excluding hydrogens is 234 g/mol. The van der Waals surface area contributed by atoms with Gasteiger partial charge in [0.1, 0.15) is 0 Å². The van der Waals surface area contributed by atoms with Crippen LogP contribution in [-0.2, 0) is 4.74 Å². The van der Waals surface area contributed by atoms with E-state index in [1.807, 2.05) is 18.0 Å². The first-order chi connectivity index (χ1) is 8.31. The summed E-state index contributed by atoms with van der Waals surface area (Å²) in [5.41, 5.74) is 0. The van der Waals surface area contributed by atoms with Crippen LogP contribution in [0.4, 0.5) is 5.95 Å². The number of ether oxygens (including phenoxy) is 1. The minimum Gasteiger partial charge on any atom is -0.383 e. The Hall–Kier alpha value is -0.680. The van der Waals surface area contributed by atoms with Gasteiger partial charge in [-0.15, -0.1) is 0 Å². The van der Waals surface area contributed by atoms with E-state index in [-0.39, 0.29) is 0 Å². The second kappa shape index (κ2) is 6.31. The van der Waals surface area contributed by atoms with E-state index in [4.69, 9.17) is 4.74 Å². The quantitative estimate of drug-likeness (QED) is 0.877. The summed E-state index contributed by atoms with van der Waals surface area (Å²) in [5.74, 6) is 3.50. The molecule has 0 saturated carbocycles. The summed E-state index contributed by atoms with van der Waals surface area (Å²) in [4.78, 5) is 4.40. The molecule has 1 saturated heterocycles. The van der Waals surface area contributed by atoms with Crippen molar-refractivity contribution in [2.75, 3.05) is 30.5 Å². The zero-order valence-electron chi connectivity index (χ0n) is 10.6. The predicted octanol–water partition coefficient (Wildman–Crippen LogP) is 2.40. The molecule has 2 rings (SSSR count). The van der Waals surface area contributed by atoms with Gasteiger partial charge in [-0.25, -0.2) is 4.98 Å². The molecule has 96 valence electrons. The van der Waals surface area contributed by atoms with Crippen molar-refractivity contribution in [3.05, 3.63) is 12.4 Å². The van der Waals surface area contributed by atoms with E-state index in [2.05, 4.69) is 28.0 Å². The molecule has 2 heterocycles. The standard InChI is InChI=1S/C12H21N3OS/c1-10(9-16-2)14-12-13-5-6-15(12)11-3-7-17-8-4-11/h5-6,10-11H,3-4,7-9H2,1-2H3,(H,13,14). The second-order valence-corrected chi connectivity index (χ2v) is 5.73. The highest BCUT2D eigenvalue weighted by Gasteiger charge is 2.18. The number of imidazole rings is 1. The van der Waals surface area contributed by atoms with Crippen molar-refractivity contribution in [2.45, 2.75) is 31.8 Å². The van der Waals surface area contributed by atoms with E-state index in [0.717, 1.165) is 5.95 Å². The minimum atomic E-state index is 0.291. The predicted molar refractivity (Wildman–Crippen MR) is 72.8 cm³/mol. The monoisotopic (exact) mass is 255 g/mol. The van der Waals surface area contributed by atoms with Crippen LogP contribution in [0.1, 0.15) is 25.8 Å². The zero-order chi connectivity index (χ0) is 12.1. The number of hydrogen-bond donors (Lipinski definition) is 1. The summed E-state index contributed by atoms with van der Waals surface area (Å²) in [5, 5.41) is 3.41. The molecule has 5 heteroatoms. The SMILES string of the molecule is COCC(C)Nc1nccn1C1CCSCC1. The molecule has 1 atom stereocenters. The lowest BCUT2D eigenvalue weighted by Gasteiger charge is -2.25. The minimum absolute atomic E-state index is 0.291. The van der Waals surface area contributed by atoms with Crippen LogP contribution in [0.15, 0.2) is 12.4 Å². The molecule has 0 amide bonds. The number of rotatable bonds is 5. The lowest BCUT2D eigenvalue weighted by molar-refractivity contribution is 0.190. The van der Waals surface area contributed by atoms with Crippen LogP contribution in [0.25, 0.3) is 0 Å². The molecule has 1 N–H and O–H groups in total. The highest BCUT2D eigenvalue weighted by atomic mass is 32.2. The molecule has 1 aromatic rings. The van der Waals surface area contributed by atoms with E-state index in [9.17, 15) is 0 Å². The average molecular weight is 255 g/mol. The van der Waals surface area contributed by atoms with E-state index < -0.39 is 0 Å². The van der Waals surface area contributed by atoms with Gasteiger partial charge >= 0.3 is 0 Å².